The maximum Gasteiger partial charge on any atom is 0.191 e. The number of anilines is 1. The molecule has 162 valence electrons. The van der Waals surface area contributed by atoms with Crippen molar-refractivity contribution in [1.29, 1.82) is 0 Å². The number of aromatic nitrogens is 2. The van der Waals surface area contributed by atoms with Gasteiger partial charge in [0, 0.05) is 40.8 Å². The Hall–Kier alpha value is -2.36. The van der Waals surface area contributed by atoms with Gasteiger partial charge in [0.25, 0.3) is 0 Å². The molecule has 3 rings (SSSR count). The Bertz CT molecular complexity index is 998. The molecular weight excluding hydrogens is 494 g/mol. The largest absolute Gasteiger partial charge is 0.375 e. The Balaban J connectivity index is 0.00000320. The van der Waals surface area contributed by atoms with Crippen LogP contribution in [0.5, 0.6) is 0 Å². The highest BCUT2D eigenvalue weighted by Gasteiger charge is 2.07. The summed E-state index contributed by atoms with van der Waals surface area (Å²) in [6, 6.07) is 13.5. The quantitative estimate of drug-likeness (QED) is 0.213. The van der Waals surface area contributed by atoms with Gasteiger partial charge in [-0.2, -0.15) is 0 Å². The van der Waals surface area contributed by atoms with Crippen molar-refractivity contribution in [1.82, 2.24) is 20.2 Å². The molecule has 30 heavy (non-hydrogen) atoms. The molecule has 0 amide bonds. The summed E-state index contributed by atoms with van der Waals surface area (Å²) in [6.07, 6.45) is 0.939. The Kier molecular flexibility index (Phi) is 8.88. The van der Waals surface area contributed by atoms with Gasteiger partial charge in [-0.05, 0) is 43.2 Å². The highest BCUT2D eigenvalue weighted by molar-refractivity contribution is 14.0. The summed E-state index contributed by atoms with van der Waals surface area (Å²) in [4.78, 5) is 10.6. The number of guanidine groups is 1. The molecule has 6 nitrogen and oxygen atoms in total. The monoisotopic (exact) mass is 524 g/mol. The first-order valence-corrected chi connectivity index (χ1v) is 9.81. The van der Waals surface area contributed by atoms with Crippen LogP contribution in [-0.4, -0.2) is 43.2 Å². The van der Waals surface area contributed by atoms with Gasteiger partial charge in [-0.25, -0.2) is 9.37 Å². The summed E-state index contributed by atoms with van der Waals surface area (Å²) in [5, 5.41) is 6.55. The highest BCUT2D eigenvalue weighted by atomic mass is 127. The average molecular weight is 524 g/mol. The molecule has 8 heteroatoms. The summed E-state index contributed by atoms with van der Waals surface area (Å²) in [7, 11) is 5.39. The number of aryl methyl sites for hydroxylation is 2. The van der Waals surface area contributed by atoms with Crippen molar-refractivity contribution in [3.8, 4) is 0 Å². The molecule has 2 N–H and O–H groups in total. The molecule has 1 heterocycles. The molecular formula is C22H30FIN6. The van der Waals surface area contributed by atoms with Crippen LogP contribution in [0.1, 0.15) is 17.8 Å². The van der Waals surface area contributed by atoms with Crippen molar-refractivity contribution in [3.63, 3.8) is 0 Å². The summed E-state index contributed by atoms with van der Waals surface area (Å²) < 4.78 is 16.3. The SMILES string of the molecule is CN=C(NCCCn1c(C)nc2ccccc21)NCc1ccc(N(C)C)c(F)c1.I. The van der Waals surface area contributed by atoms with Gasteiger partial charge in [-0.3, -0.25) is 4.99 Å². The van der Waals surface area contributed by atoms with Gasteiger partial charge in [0.2, 0.25) is 0 Å². The zero-order valence-electron chi connectivity index (χ0n) is 17.9. The topological polar surface area (TPSA) is 57.5 Å². The predicted octanol–water partition coefficient (Wildman–Crippen LogP) is 3.92. The number of imidazole rings is 1. The number of hydrogen-bond donors (Lipinski definition) is 2. The summed E-state index contributed by atoms with van der Waals surface area (Å²) in [6.45, 7) is 4.21. The van der Waals surface area contributed by atoms with E-state index < -0.39 is 0 Å². The third-order valence-electron chi connectivity index (χ3n) is 4.87. The molecule has 0 aliphatic heterocycles. The lowest BCUT2D eigenvalue weighted by Crippen LogP contribution is -2.37. The first kappa shape index (κ1) is 23.9. The first-order valence-electron chi connectivity index (χ1n) is 9.81. The van der Waals surface area contributed by atoms with E-state index in [0.717, 1.165) is 41.9 Å². The molecule has 0 aliphatic rings. The number of nitrogens with zero attached hydrogens (tertiary/aromatic N) is 4. The number of benzene rings is 2. The predicted molar refractivity (Wildman–Crippen MR) is 133 cm³/mol. The molecule has 0 unspecified atom stereocenters. The Morgan fingerprint density at radius 3 is 2.63 bits per heavy atom. The van der Waals surface area contributed by atoms with Gasteiger partial charge in [0.1, 0.15) is 11.6 Å². The minimum atomic E-state index is -0.222. The van der Waals surface area contributed by atoms with E-state index in [1.54, 1.807) is 24.1 Å². The number of fused-ring (bicyclic) bond motifs is 1. The lowest BCUT2D eigenvalue weighted by Gasteiger charge is -2.15. The Morgan fingerprint density at radius 2 is 1.93 bits per heavy atom. The van der Waals surface area contributed by atoms with Crippen LogP contribution in [0.2, 0.25) is 0 Å². The van der Waals surface area contributed by atoms with Crippen LogP contribution in [0.15, 0.2) is 47.5 Å². The number of nitrogens with one attached hydrogen (secondary N) is 2. The van der Waals surface area contributed by atoms with Crippen molar-refractivity contribution < 1.29 is 4.39 Å². The second-order valence-corrected chi connectivity index (χ2v) is 7.19. The van der Waals surface area contributed by atoms with Crippen LogP contribution >= 0.6 is 24.0 Å². The fraction of sp³-hybridized carbons (Fsp3) is 0.364. The summed E-state index contributed by atoms with van der Waals surface area (Å²) >= 11 is 0. The minimum absolute atomic E-state index is 0. The van der Waals surface area contributed by atoms with E-state index in [9.17, 15) is 4.39 Å². The molecule has 0 fully saturated rings. The third kappa shape index (κ3) is 5.84. The van der Waals surface area contributed by atoms with Crippen molar-refractivity contribution in [2.24, 2.45) is 4.99 Å². The summed E-state index contributed by atoms with van der Waals surface area (Å²) in [5.41, 5.74) is 3.65. The maximum absolute atomic E-state index is 14.1. The molecule has 0 saturated carbocycles. The molecule has 2 aromatic carbocycles. The fourth-order valence-electron chi connectivity index (χ4n) is 3.35. The van der Waals surface area contributed by atoms with E-state index in [-0.39, 0.29) is 29.8 Å². The van der Waals surface area contributed by atoms with Crippen LogP contribution in [0, 0.1) is 12.7 Å². The van der Waals surface area contributed by atoms with Crippen LogP contribution in [0.25, 0.3) is 11.0 Å². The number of aliphatic imine (C=N–C) groups is 1. The van der Waals surface area contributed by atoms with Crippen molar-refractivity contribution in [2.45, 2.75) is 26.4 Å². The van der Waals surface area contributed by atoms with Crippen LogP contribution in [-0.2, 0) is 13.1 Å². The second kappa shape index (κ2) is 11.1. The van der Waals surface area contributed by atoms with Gasteiger partial charge in [-0.15, -0.1) is 24.0 Å². The average Bonchev–Trinajstić information content (AvgIpc) is 3.02. The van der Waals surface area contributed by atoms with Crippen molar-refractivity contribution in [2.75, 3.05) is 32.6 Å². The molecule has 1 aromatic heterocycles. The normalized spacial score (nSPS) is 11.3. The minimum Gasteiger partial charge on any atom is -0.375 e. The van der Waals surface area contributed by atoms with E-state index in [1.165, 1.54) is 0 Å². The summed E-state index contributed by atoms with van der Waals surface area (Å²) in [5.74, 6) is 1.51. The van der Waals surface area contributed by atoms with E-state index in [1.807, 2.05) is 45.3 Å². The van der Waals surface area contributed by atoms with Crippen LogP contribution in [0.3, 0.4) is 0 Å². The number of rotatable bonds is 7. The molecule has 0 aliphatic carbocycles. The molecule has 0 spiro atoms. The third-order valence-corrected chi connectivity index (χ3v) is 4.87. The van der Waals surface area contributed by atoms with Crippen LogP contribution in [0.4, 0.5) is 10.1 Å². The molecule has 0 saturated heterocycles. The highest BCUT2D eigenvalue weighted by Crippen LogP contribution is 2.18. The van der Waals surface area contributed by atoms with Crippen LogP contribution < -0.4 is 15.5 Å². The molecule has 0 bridgehead atoms. The van der Waals surface area contributed by atoms with Gasteiger partial charge >= 0.3 is 0 Å². The number of para-hydroxylation sites is 2. The van der Waals surface area contributed by atoms with Crippen molar-refractivity contribution >= 4 is 46.7 Å². The standard InChI is InChI=1S/C22H29FN6.HI/c1-16-27-19-8-5-6-9-21(19)29(16)13-7-12-25-22(24-2)26-15-17-10-11-20(28(3)4)18(23)14-17;/h5-6,8-11,14H,7,12-13,15H2,1-4H3,(H2,24,25,26);1H. The Morgan fingerprint density at radius 1 is 1.17 bits per heavy atom. The van der Waals surface area contributed by atoms with Gasteiger partial charge in [0.05, 0.1) is 16.7 Å². The number of hydrogen-bond acceptors (Lipinski definition) is 3. The van der Waals surface area contributed by atoms with Gasteiger partial charge in [0.15, 0.2) is 5.96 Å². The smallest absolute Gasteiger partial charge is 0.191 e. The lowest BCUT2D eigenvalue weighted by atomic mass is 10.2. The molecule has 0 atom stereocenters. The Labute approximate surface area is 194 Å². The zero-order valence-corrected chi connectivity index (χ0v) is 20.3. The van der Waals surface area contributed by atoms with Gasteiger partial charge < -0.3 is 20.1 Å². The van der Waals surface area contributed by atoms with E-state index in [0.29, 0.717) is 18.2 Å². The van der Waals surface area contributed by atoms with E-state index in [2.05, 4.69) is 31.2 Å². The lowest BCUT2D eigenvalue weighted by molar-refractivity contribution is 0.619. The molecule has 3 aromatic rings. The zero-order chi connectivity index (χ0) is 20.8. The first-order chi connectivity index (χ1) is 14.0. The van der Waals surface area contributed by atoms with E-state index in [4.69, 9.17) is 0 Å². The van der Waals surface area contributed by atoms with Crippen molar-refractivity contribution in [3.05, 3.63) is 59.7 Å². The van der Waals surface area contributed by atoms with Gasteiger partial charge in [-0.1, -0.05) is 18.2 Å². The molecule has 0 radical (unpaired) electrons. The maximum atomic E-state index is 14.1. The van der Waals surface area contributed by atoms with E-state index >= 15 is 0 Å². The number of halogens is 2. The second-order valence-electron chi connectivity index (χ2n) is 7.19. The fourth-order valence-corrected chi connectivity index (χ4v) is 3.35.